The molecule has 2 amide bonds. The highest BCUT2D eigenvalue weighted by atomic mass is 16.6. The Bertz CT molecular complexity index is 484. The molecule has 0 aromatic rings. The normalized spacial score (nSPS) is 18.7. The summed E-state index contributed by atoms with van der Waals surface area (Å²) in [7, 11) is 1.28. The number of methoxy groups -OCH3 is 1. The Morgan fingerprint density at radius 2 is 2.04 bits per heavy atom. The number of ether oxygens (including phenoxy) is 2. The first-order valence-corrected chi connectivity index (χ1v) is 8.18. The van der Waals surface area contributed by atoms with Crippen LogP contribution in [0.4, 0.5) is 4.79 Å². The molecule has 1 aliphatic heterocycles. The van der Waals surface area contributed by atoms with Crippen LogP contribution in [0.15, 0.2) is 12.7 Å². The number of allylic oxidation sites excluding steroid dienone is 1. The van der Waals surface area contributed by atoms with Crippen LogP contribution in [0.25, 0.3) is 0 Å². The van der Waals surface area contributed by atoms with Crippen LogP contribution in [0.2, 0.25) is 0 Å². The summed E-state index contributed by atoms with van der Waals surface area (Å²) >= 11 is 0. The lowest BCUT2D eigenvalue weighted by atomic mass is 10.1. The van der Waals surface area contributed by atoms with E-state index in [0.717, 1.165) is 0 Å². The van der Waals surface area contributed by atoms with Crippen LogP contribution < -0.4 is 5.32 Å². The predicted octanol–water partition coefficient (Wildman–Crippen LogP) is 2.01. The van der Waals surface area contributed by atoms with Gasteiger partial charge in [-0.1, -0.05) is 6.08 Å². The molecule has 7 nitrogen and oxygen atoms in total. The van der Waals surface area contributed by atoms with Gasteiger partial charge in [0.2, 0.25) is 5.91 Å². The van der Waals surface area contributed by atoms with Crippen molar-refractivity contribution in [3.05, 3.63) is 12.7 Å². The average molecular weight is 340 g/mol. The Kier molecular flexibility index (Phi) is 7.25. The van der Waals surface area contributed by atoms with Gasteiger partial charge in [0.1, 0.15) is 17.7 Å². The lowest BCUT2D eigenvalue weighted by molar-refractivity contribution is -0.145. The molecule has 1 saturated heterocycles. The largest absolute Gasteiger partial charge is 0.467 e. The summed E-state index contributed by atoms with van der Waals surface area (Å²) in [6, 6.07) is -1.38. The molecule has 1 fully saturated rings. The smallest absolute Gasteiger partial charge is 0.410 e. The summed E-state index contributed by atoms with van der Waals surface area (Å²) in [5, 5.41) is 2.68. The van der Waals surface area contributed by atoms with E-state index in [-0.39, 0.29) is 5.91 Å². The van der Waals surface area contributed by atoms with E-state index in [2.05, 4.69) is 11.9 Å². The van der Waals surface area contributed by atoms with Crippen LogP contribution in [0.3, 0.4) is 0 Å². The second-order valence-corrected chi connectivity index (χ2v) is 6.78. The molecule has 1 N–H and O–H groups in total. The van der Waals surface area contributed by atoms with Crippen LogP contribution >= 0.6 is 0 Å². The number of nitrogens with one attached hydrogen (secondary N) is 1. The first-order chi connectivity index (χ1) is 11.2. The van der Waals surface area contributed by atoms with E-state index in [0.29, 0.717) is 32.2 Å². The van der Waals surface area contributed by atoms with E-state index in [9.17, 15) is 14.4 Å². The maximum absolute atomic E-state index is 12.5. The van der Waals surface area contributed by atoms with Crippen molar-refractivity contribution >= 4 is 18.0 Å². The van der Waals surface area contributed by atoms with Crippen LogP contribution in [0.5, 0.6) is 0 Å². The molecular formula is C17H28N2O5. The number of rotatable bonds is 6. The Labute approximate surface area is 143 Å². The predicted molar refractivity (Wildman–Crippen MR) is 89.3 cm³/mol. The van der Waals surface area contributed by atoms with Gasteiger partial charge in [0.15, 0.2) is 0 Å². The number of hydrogen-bond acceptors (Lipinski definition) is 5. The van der Waals surface area contributed by atoms with Crippen molar-refractivity contribution in [2.45, 2.75) is 64.1 Å². The number of hydrogen-bond donors (Lipinski definition) is 1. The van der Waals surface area contributed by atoms with Crippen molar-refractivity contribution in [2.75, 3.05) is 13.7 Å². The van der Waals surface area contributed by atoms with Crippen LogP contribution in [0, 0.1) is 0 Å². The molecule has 0 bridgehead atoms. The molecule has 7 heteroatoms. The lowest BCUT2D eigenvalue weighted by Crippen LogP contribution is -2.51. The van der Waals surface area contributed by atoms with Gasteiger partial charge < -0.3 is 14.8 Å². The first-order valence-electron chi connectivity index (χ1n) is 8.18. The minimum absolute atomic E-state index is 0.363. The molecule has 2 unspecified atom stereocenters. The molecule has 1 heterocycles. The number of amides is 2. The second kappa shape index (κ2) is 8.70. The van der Waals surface area contributed by atoms with Gasteiger partial charge in [0.25, 0.3) is 0 Å². The van der Waals surface area contributed by atoms with Crippen molar-refractivity contribution in [3.8, 4) is 0 Å². The molecule has 24 heavy (non-hydrogen) atoms. The van der Waals surface area contributed by atoms with E-state index in [1.54, 1.807) is 26.8 Å². The van der Waals surface area contributed by atoms with Gasteiger partial charge >= 0.3 is 12.1 Å². The van der Waals surface area contributed by atoms with Gasteiger partial charge in [-0.15, -0.1) is 6.58 Å². The maximum Gasteiger partial charge on any atom is 0.410 e. The molecule has 0 aliphatic carbocycles. The topological polar surface area (TPSA) is 84.9 Å². The molecular weight excluding hydrogens is 312 g/mol. The standard InChI is InChI=1S/C17H28N2O5/c1-6-7-9-12(15(21)23-5)18-14(20)13-10-8-11-19(13)16(22)24-17(2,3)4/h6,12-13H,1,7-11H2,2-5H3,(H,18,20). The van der Waals surface area contributed by atoms with E-state index >= 15 is 0 Å². The number of nitrogens with zero attached hydrogens (tertiary/aromatic N) is 1. The van der Waals surface area contributed by atoms with Crippen LogP contribution in [-0.2, 0) is 19.1 Å². The van der Waals surface area contributed by atoms with Gasteiger partial charge in [0.05, 0.1) is 7.11 Å². The fraction of sp³-hybridized carbons (Fsp3) is 0.706. The zero-order valence-electron chi connectivity index (χ0n) is 15.0. The summed E-state index contributed by atoms with van der Waals surface area (Å²) in [6.45, 7) is 9.40. The zero-order valence-corrected chi connectivity index (χ0v) is 15.0. The monoisotopic (exact) mass is 340 g/mol. The molecule has 136 valence electrons. The maximum atomic E-state index is 12.5. The minimum Gasteiger partial charge on any atom is -0.467 e. The molecule has 0 aromatic carbocycles. The fourth-order valence-electron chi connectivity index (χ4n) is 2.52. The second-order valence-electron chi connectivity index (χ2n) is 6.78. The summed E-state index contributed by atoms with van der Waals surface area (Å²) in [5.74, 6) is -0.871. The highest BCUT2D eigenvalue weighted by molar-refractivity contribution is 5.90. The van der Waals surface area contributed by atoms with Gasteiger partial charge in [-0.3, -0.25) is 9.69 Å². The highest BCUT2D eigenvalue weighted by Crippen LogP contribution is 2.21. The van der Waals surface area contributed by atoms with Crippen molar-refractivity contribution in [2.24, 2.45) is 0 Å². The average Bonchev–Trinajstić information content (AvgIpc) is 2.98. The number of likely N-dealkylation sites (tertiary alicyclic amines) is 1. The van der Waals surface area contributed by atoms with Crippen molar-refractivity contribution in [1.29, 1.82) is 0 Å². The third-order valence-electron chi connectivity index (χ3n) is 3.65. The third kappa shape index (κ3) is 5.86. The Morgan fingerprint density at radius 3 is 2.58 bits per heavy atom. The van der Waals surface area contributed by atoms with E-state index in [4.69, 9.17) is 9.47 Å². The van der Waals surface area contributed by atoms with E-state index in [1.807, 2.05) is 0 Å². The number of carbonyl (C=O) groups is 3. The zero-order chi connectivity index (χ0) is 18.3. The van der Waals surface area contributed by atoms with Gasteiger partial charge in [0, 0.05) is 6.54 Å². The summed E-state index contributed by atoms with van der Waals surface area (Å²) < 4.78 is 10.1. The SMILES string of the molecule is C=CCCC(NC(=O)C1CCCN1C(=O)OC(C)(C)C)C(=O)OC. The quantitative estimate of drug-likeness (QED) is 0.590. The molecule has 0 radical (unpaired) electrons. The molecule has 1 aliphatic rings. The van der Waals surface area contributed by atoms with E-state index in [1.165, 1.54) is 12.0 Å². The number of carbonyl (C=O) groups excluding carboxylic acids is 3. The van der Waals surface area contributed by atoms with Crippen LogP contribution in [0.1, 0.15) is 46.5 Å². The van der Waals surface area contributed by atoms with Crippen LogP contribution in [-0.4, -0.2) is 54.2 Å². The summed E-state index contributed by atoms with van der Waals surface area (Å²) in [6.07, 6.45) is 3.39. The van der Waals surface area contributed by atoms with Gasteiger partial charge in [-0.25, -0.2) is 9.59 Å². The molecule has 0 spiro atoms. The van der Waals surface area contributed by atoms with Gasteiger partial charge in [-0.2, -0.15) is 0 Å². The highest BCUT2D eigenvalue weighted by Gasteiger charge is 2.37. The van der Waals surface area contributed by atoms with E-state index < -0.39 is 29.7 Å². The van der Waals surface area contributed by atoms with Crippen molar-refractivity contribution in [1.82, 2.24) is 10.2 Å². The van der Waals surface area contributed by atoms with Crippen molar-refractivity contribution in [3.63, 3.8) is 0 Å². The summed E-state index contributed by atoms with van der Waals surface area (Å²) in [4.78, 5) is 38.0. The first kappa shape index (κ1) is 20.0. The summed E-state index contributed by atoms with van der Waals surface area (Å²) in [5.41, 5.74) is -0.626. The minimum atomic E-state index is -0.749. The Hall–Kier alpha value is -2.05. The van der Waals surface area contributed by atoms with Crippen molar-refractivity contribution < 1.29 is 23.9 Å². The van der Waals surface area contributed by atoms with Gasteiger partial charge in [-0.05, 0) is 46.5 Å². The fourth-order valence-corrected chi connectivity index (χ4v) is 2.52. The molecule has 0 saturated carbocycles. The molecule has 2 atom stereocenters. The Morgan fingerprint density at radius 1 is 1.38 bits per heavy atom. The molecule has 1 rings (SSSR count). The Balaban J connectivity index is 2.74. The number of esters is 1. The molecule has 0 aromatic heterocycles. The third-order valence-corrected chi connectivity index (χ3v) is 3.65. The lowest BCUT2D eigenvalue weighted by Gasteiger charge is -2.28.